The summed E-state index contributed by atoms with van der Waals surface area (Å²) in [5.41, 5.74) is 0.480. The van der Waals surface area contributed by atoms with Crippen molar-refractivity contribution in [2.24, 2.45) is 0 Å². The average molecular weight is 357 g/mol. The average Bonchev–Trinajstić information content (AvgIpc) is 2.56. The molecule has 0 saturated carbocycles. The number of carbonyl (C=O) groups excluding carboxylic acids is 1. The van der Waals surface area contributed by atoms with Gasteiger partial charge in [-0.3, -0.25) is 4.79 Å². The van der Waals surface area contributed by atoms with Crippen molar-refractivity contribution < 1.29 is 17.6 Å². The van der Waals surface area contributed by atoms with Crippen molar-refractivity contribution in [3.05, 3.63) is 30.1 Å². The van der Waals surface area contributed by atoms with Gasteiger partial charge < -0.3 is 9.80 Å². The molecule has 2 rings (SSSR count). The van der Waals surface area contributed by atoms with Crippen molar-refractivity contribution in [2.45, 2.75) is 13.8 Å². The van der Waals surface area contributed by atoms with Gasteiger partial charge in [-0.1, -0.05) is 12.1 Å². The third kappa shape index (κ3) is 4.24. The summed E-state index contributed by atoms with van der Waals surface area (Å²) in [5, 5.41) is 0. The number of nitrogens with zero attached hydrogens (tertiary/aromatic N) is 3. The summed E-state index contributed by atoms with van der Waals surface area (Å²) >= 11 is 0. The summed E-state index contributed by atoms with van der Waals surface area (Å²) < 4.78 is 40.0. The first-order chi connectivity index (χ1) is 11.4. The number of piperazine rings is 1. The predicted octanol–water partition coefficient (Wildman–Crippen LogP) is 1.15. The van der Waals surface area contributed by atoms with Crippen LogP contribution in [-0.2, 0) is 14.8 Å². The summed E-state index contributed by atoms with van der Waals surface area (Å²) in [6, 6.07) is 6.45. The van der Waals surface area contributed by atoms with Crippen LogP contribution >= 0.6 is 0 Å². The lowest BCUT2D eigenvalue weighted by molar-refractivity contribution is -0.128. The summed E-state index contributed by atoms with van der Waals surface area (Å²) in [4.78, 5) is 15.4. The van der Waals surface area contributed by atoms with Gasteiger partial charge in [-0.05, 0) is 26.0 Å². The minimum absolute atomic E-state index is 0.252. The molecule has 1 aliphatic heterocycles. The molecule has 1 amide bonds. The Bertz CT molecular complexity index is 669. The van der Waals surface area contributed by atoms with Gasteiger partial charge >= 0.3 is 0 Å². The van der Waals surface area contributed by atoms with E-state index in [0.29, 0.717) is 31.9 Å². The first-order valence-corrected chi connectivity index (χ1v) is 9.75. The second-order valence-electron chi connectivity index (χ2n) is 5.66. The van der Waals surface area contributed by atoms with E-state index in [1.54, 1.807) is 18.2 Å². The van der Waals surface area contributed by atoms with E-state index in [2.05, 4.69) is 0 Å². The summed E-state index contributed by atoms with van der Waals surface area (Å²) in [5.74, 6) is -1.20. The highest BCUT2D eigenvalue weighted by Gasteiger charge is 2.30. The zero-order valence-electron chi connectivity index (χ0n) is 14.1. The van der Waals surface area contributed by atoms with Crippen LogP contribution < -0.4 is 4.90 Å². The van der Waals surface area contributed by atoms with Gasteiger partial charge in [0, 0.05) is 39.3 Å². The van der Waals surface area contributed by atoms with Crippen LogP contribution in [0.4, 0.5) is 10.1 Å². The number of halogens is 1. The quantitative estimate of drug-likeness (QED) is 0.766. The molecule has 0 unspecified atom stereocenters. The highest BCUT2D eigenvalue weighted by molar-refractivity contribution is 7.89. The number of carbonyl (C=O) groups is 1. The van der Waals surface area contributed by atoms with E-state index in [9.17, 15) is 17.6 Å². The van der Waals surface area contributed by atoms with E-state index in [1.165, 1.54) is 15.3 Å². The zero-order chi connectivity index (χ0) is 17.7. The number of benzene rings is 1. The van der Waals surface area contributed by atoms with E-state index < -0.39 is 15.8 Å². The molecule has 6 nitrogen and oxygen atoms in total. The van der Waals surface area contributed by atoms with Gasteiger partial charge in [0.2, 0.25) is 15.9 Å². The van der Waals surface area contributed by atoms with Crippen LogP contribution in [0.15, 0.2) is 24.3 Å². The summed E-state index contributed by atoms with van der Waals surface area (Å²) in [6.07, 6.45) is 0. The van der Waals surface area contributed by atoms with E-state index in [4.69, 9.17) is 0 Å². The minimum Gasteiger partial charge on any atom is -0.367 e. The van der Waals surface area contributed by atoms with Crippen LogP contribution in [-0.4, -0.2) is 68.6 Å². The van der Waals surface area contributed by atoms with Crippen LogP contribution in [0.1, 0.15) is 13.8 Å². The molecule has 0 aromatic heterocycles. The fraction of sp³-hybridized carbons (Fsp3) is 0.562. The van der Waals surface area contributed by atoms with Crippen molar-refractivity contribution in [1.82, 2.24) is 9.21 Å². The molecule has 1 heterocycles. The number of amides is 1. The lowest BCUT2D eigenvalue weighted by Gasteiger charge is -2.35. The Morgan fingerprint density at radius 2 is 1.71 bits per heavy atom. The topological polar surface area (TPSA) is 60.9 Å². The molecule has 8 heteroatoms. The van der Waals surface area contributed by atoms with E-state index in [1.807, 2.05) is 18.7 Å². The van der Waals surface area contributed by atoms with Crippen LogP contribution in [0.3, 0.4) is 0 Å². The minimum atomic E-state index is -3.64. The van der Waals surface area contributed by atoms with Gasteiger partial charge in [-0.25, -0.2) is 12.8 Å². The Morgan fingerprint density at radius 3 is 2.25 bits per heavy atom. The third-order valence-corrected chi connectivity index (χ3v) is 6.01. The molecule has 1 saturated heterocycles. The lowest BCUT2D eigenvalue weighted by atomic mass is 10.2. The number of sulfonamides is 1. The Labute approximate surface area is 142 Å². The van der Waals surface area contributed by atoms with E-state index >= 15 is 0 Å². The normalized spacial score (nSPS) is 16.2. The fourth-order valence-electron chi connectivity index (χ4n) is 2.83. The number of hydrogen-bond acceptors (Lipinski definition) is 4. The Morgan fingerprint density at radius 1 is 1.12 bits per heavy atom. The first kappa shape index (κ1) is 18.7. The molecule has 1 aromatic rings. The molecule has 1 aliphatic rings. The van der Waals surface area contributed by atoms with Crippen molar-refractivity contribution in [1.29, 1.82) is 0 Å². The molecular formula is C16H24FN3O3S. The smallest absolute Gasteiger partial charge is 0.239 e. The van der Waals surface area contributed by atoms with Gasteiger partial charge in [-0.2, -0.15) is 4.31 Å². The van der Waals surface area contributed by atoms with Gasteiger partial charge in [0.05, 0.1) is 5.69 Å². The maximum Gasteiger partial charge on any atom is 0.239 e. The van der Waals surface area contributed by atoms with E-state index in [0.717, 1.165) is 0 Å². The van der Waals surface area contributed by atoms with Crippen LogP contribution in [0.25, 0.3) is 0 Å². The SMILES string of the molecule is CCN(CC)C(=O)CS(=O)(=O)N1CCN(c2ccccc2F)CC1. The highest BCUT2D eigenvalue weighted by Crippen LogP contribution is 2.21. The fourth-order valence-corrected chi connectivity index (χ4v) is 4.23. The third-order valence-electron chi connectivity index (χ3n) is 4.25. The standard InChI is InChI=1S/C16H24FN3O3S/c1-3-18(4-2)16(21)13-24(22,23)20-11-9-19(10-12-20)15-8-6-5-7-14(15)17/h5-8H,3-4,9-13H2,1-2H3. The molecule has 0 aliphatic carbocycles. The first-order valence-electron chi connectivity index (χ1n) is 8.14. The molecule has 1 fully saturated rings. The molecule has 0 bridgehead atoms. The van der Waals surface area contributed by atoms with Gasteiger partial charge in [0.15, 0.2) is 0 Å². The molecule has 134 valence electrons. The molecule has 0 radical (unpaired) electrons. The number of para-hydroxylation sites is 1. The predicted molar refractivity (Wildman–Crippen MR) is 91.9 cm³/mol. The summed E-state index contributed by atoms with van der Waals surface area (Å²) in [6.45, 7) is 5.93. The molecule has 0 atom stereocenters. The number of anilines is 1. The second-order valence-corrected chi connectivity index (χ2v) is 7.63. The monoisotopic (exact) mass is 357 g/mol. The molecular weight excluding hydrogens is 333 g/mol. The Kier molecular flexibility index (Phi) is 6.17. The molecule has 24 heavy (non-hydrogen) atoms. The molecule has 0 spiro atoms. The largest absolute Gasteiger partial charge is 0.367 e. The van der Waals surface area contributed by atoms with Crippen LogP contribution in [0.2, 0.25) is 0 Å². The van der Waals surface area contributed by atoms with Gasteiger partial charge in [0.25, 0.3) is 0 Å². The molecule has 0 N–H and O–H groups in total. The Hall–Kier alpha value is -1.67. The second kappa shape index (κ2) is 7.94. The van der Waals surface area contributed by atoms with Crippen LogP contribution in [0, 0.1) is 5.82 Å². The van der Waals surface area contributed by atoms with Gasteiger partial charge in [-0.15, -0.1) is 0 Å². The zero-order valence-corrected chi connectivity index (χ0v) is 14.9. The van der Waals surface area contributed by atoms with Crippen LogP contribution in [0.5, 0.6) is 0 Å². The van der Waals surface area contributed by atoms with E-state index in [-0.39, 0.29) is 24.8 Å². The number of hydrogen-bond donors (Lipinski definition) is 0. The maximum absolute atomic E-state index is 13.8. The van der Waals surface area contributed by atoms with Crippen molar-refractivity contribution >= 4 is 21.6 Å². The van der Waals surface area contributed by atoms with Crippen molar-refractivity contribution in [3.63, 3.8) is 0 Å². The van der Waals surface area contributed by atoms with Gasteiger partial charge in [0.1, 0.15) is 11.6 Å². The van der Waals surface area contributed by atoms with Crippen molar-refractivity contribution in [2.75, 3.05) is 49.9 Å². The lowest BCUT2D eigenvalue weighted by Crippen LogP contribution is -2.51. The highest BCUT2D eigenvalue weighted by atomic mass is 32.2. The maximum atomic E-state index is 13.8. The Balaban J connectivity index is 1.98. The van der Waals surface area contributed by atoms with Crippen molar-refractivity contribution in [3.8, 4) is 0 Å². The summed E-state index contributed by atoms with van der Waals surface area (Å²) in [7, 11) is -3.64. The molecule has 1 aromatic carbocycles. The number of rotatable bonds is 6.